The quantitative estimate of drug-likeness (QED) is 0.229. The Morgan fingerprint density at radius 1 is 1.09 bits per heavy atom. The summed E-state index contributed by atoms with van der Waals surface area (Å²) in [6.07, 6.45) is -3.34. The molecule has 0 radical (unpaired) electrons. The lowest BCUT2D eigenvalue weighted by Gasteiger charge is -2.09. The van der Waals surface area contributed by atoms with Crippen LogP contribution in [0.3, 0.4) is 0 Å². The second kappa shape index (κ2) is 10.9. The van der Waals surface area contributed by atoms with Gasteiger partial charge in [-0.05, 0) is 69.0 Å². The van der Waals surface area contributed by atoms with E-state index in [1.807, 2.05) is 0 Å². The van der Waals surface area contributed by atoms with Crippen molar-refractivity contribution < 1.29 is 27.6 Å². The van der Waals surface area contributed by atoms with Crippen molar-refractivity contribution in [2.75, 3.05) is 0 Å². The lowest BCUT2D eigenvalue weighted by Crippen LogP contribution is -2.20. The molecule has 0 aliphatic rings. The van der Waals surface area contributed by atoms with Gasteiger partial charge in [-0.1, -0.05) is 18.2 Å². The summed E-state index contributed by atoms with van der Waals surface area (Å²) in [5, 5.41) is 14.5. The van der Waals surface area contributed by atoms with Crippen molar-refractivity contribution in [1.29, 1.82) is 0 Å². The summed E-state index contributed by atoms with van der Waals surface area (Å²) in [5.41, 5.74) is 3.08. The van der Waals surface area contributed by atoms with Crippen LogP contribution in [0.25, 0.3) is 0 Å². The molecule has 0 aliphatic carbocycles. The molecule has 7 nitrogen and oxygen atoms in total. The van der Waals surface area contributed by atoms with Gasteiger partial charge in [-0.2, -0.15) is 18.3 Å². The zero-order chi connectivity index (χ0) is 24.7. The number of carbonyl (C=O) groups is 1. The van der Waals surface area contributed by atoms with Gasteiger partial charge >= 0.3 is 6.18 Å². The van der Waals surface area contributed by atoms with Gasteiger partial charge in [0.25, 0.3) is 5.69 Å². The normalized spacial score (nSPS) is 11.4. The van der Waals surface area contributed by atoms with Crippen LogP contribution in [0.15, 0.2) is 76.3 Å². The number of hydrogen-bond acceptors (Lipinski definition) is 5. The highest BCUT2D eigenvalue weighted by Gasteiger charge is 2.30. The van der Waals surface area contributed by atoms with Gasteiger partial charge in [0.15, 0.2) is 0 Å². The van der Waals surface area contributed by atoms with Crippen molar-refractivity contribution in [3.05, 3.63) is 104 Å². The minimum Gasteiger partial charge on any atom is -0.488 e. The van der Waals surface area contributed by atoms with Crippen LogP contribution in [0.5, 0.6) is 5.75 Å². The van der Waals surface area contributed by atoms with Crippen LogP contribution in [-0.2, 0) is 24.0 Å². The number of hydrogen-bond donors (Lipinski definition) is 1. The van der Waals surface area contributed by atoms with E-state index in [9.17, 15) is 28.1 Å². The summed E-state index contributed by atoms with van der Waals surface area (Å²) in [6, 6.07) is 15.6. The third kappa shape index (κ3) is 7.14. The second-order valence-electron chi connectivity index (χ2n) is 7.07. The van der Waals surface area contributed by atoms with Gasteiger partial charge in [-0.3, -0.25) is 14.9 Å². The number of rotatable bonds is 8. The number of hydrazone groups is 1. The molecule has 0 aromatic heterocycles. The van der Waals surface area contributed by atoms with Gasteiger partial charge in [0.05, 0.1) is 27.6 Å². The summed E-state index contributed by atoms with van der Waals surface area (Å²) in [7, 11) is 0. The predicted octanol–water partition coefficient (Wildman–Crippen LogP) is 5.65. The largest absolute Gasteiger partial charge is 0.488 e. The van der Waals surface area contributed by atoms with E-state index in [4.69, 9.17) is 4.74 Å². The van der Waals surface area contributed by atoms with E-state index in [0.717, 1.165) is 17.7 Å². The Bertz CT molecular complexity index is 1210. The number of nitrogens with one attached hydrogen (secondary N) is 1. The first kappa shape index (κ1) is 24.9. The third-order valence-electron chi connectivity index (χ3n) is 4.52. The van der Waals surface area contributed by atoms with Crippen LogP contribution in [0.4, 0.5) is 18.9 Å². The van der Waals surface area contributed by atoms with Crippen molar-refractivity contribution in [3.63, 3.8) is 0 Å². The Morgan fingerprint density at radius 3 is 2.47 bits per heavy atom. The van der Waals surface area contributed by atoms with Gasteiger partial charge in [-0.25, -0.2) is 5.43 Å². The molecule has 0 saturated carbocycles. The molecule has 0 saturated heterocycles. The fourth-order valence-corrected chi connectivity index (χ4v) is 3.36. The Balaban J connectivity index is 1.53. The van der Waals surface area contributed by atoms with E-state index in [2.05, 4.69) is 26.5 Å². The summed E-state index contributed by atoms with van der Waals surface area (Å²) in [5.74, 6) is -0.0261. The standard InChI is InChI=1S/C23H17BrF3N3O4/c24-20-11-17(6-9-21(20)34-14-15-4-7-19(8-5-15)30(32)33)13-28-29-22(31)12-16-2-1-3-18(10-16)23(25,26)27/h1-11,13H,12,14H2,(H,29,31)/b28-13+. The molecule has 3 aromatic rings. The summed E-state index contributed by atoms with van der Waals surface area (Å²) < 4.78 is 44.6. The van der Waals surface area contributed by atoms with Gasteiger partial charge in [0, 0.05) is 12.1 Å². The number of nitro benzene ring substituents is 1. The molecule has 0 heterocycles. The molecular formula is C23H17BrF3N3O4. The molecule has 34 heavy (non-hydrogen) atoms. The predicted molar refractivity (Wildman–Crippen MR) is 122 cm³/mol. The minimum atomic E-state index is -4.48. The Hall–Kier alpha value is -3.73. The molecule has 11 heteroatoms. The van der Waals surface area contributed by atoms with Gasteiger partial charge in [0.1, 0.15) is 12.4 Å². The second-order valence-corrected chi connectivity index (χ2v) is 7.92. The number of benzene rings is 3. The van der Waals surface area contributed by atoms with Crippen LogP contribution in [0, 0.1) is 10.1 Å². The van der Waals surface area contributed by atoms with Crippen LogP contribution in [0.1, 0.15) is 22.3 Å². The molecule has 176 valence electrons. The van der Waals surface area contributed by atoms with Gasteiger partial charge < -0.3 is 4.74 Å². The highest BCUT2D eigenvalue weighted by atomic mass is 79.9. The summed E-state index contributed by atoms with van der Waals surface area (Å²) in [4.78, 5) is 22.2. The van der Waals surface area contributed by atoms with Crippen LogP contribution in [0.2, 0.25) is 0 Å². The summed E-state index contributed by atoms with van der Waals surface area (Å²) in [6.45, 7) is 0.204. The number of carbonyl (C=O) groups excluding carboxylic acids is 1. The van der Waals surface area contributed by atoms with E-state index < -0.39 is 22.6 Å². The maximum absolute atomic E-state index is 12.8. The molecule has 3 aromatic carbocycles. The monoisotopic (exact) mass is 535 g/mol. The first-order chi connectivity index (χ1) is 16.1. The van der Waals surface area contributed by atoms with E-state index in [1.165, 1.54) is 30.5 Å². The average molecular weight is 536 g/mol. The number of ether oxygens (including phenoxy) is 1. The number of halogens is 4. The zero-order valence-electron chi connectivity index (χ0n) is 17.4. The van der Waals surface area contributed by atoms with E-state index in [0.29, 0.717) is 15.8 Å². The molecule has 1 amide bonds. The topological polar surface area (TPSA) is 93.8 Å². The lowest BCUT2D eigenvalue weighted by molar-refractivity contribution is -0.384. The molecule has 0 unspecified atom stereocenters. The number of nitrogens with zero attached hydrogens (tertiary/aromatic N) is 2. The molecule has 3 rings (SSSR count). The molecule has 0 aliphatic heterocycles. The fourth-order valence-electron chi connectivity index (χ4n) is 2.85. The summed E-state index contributed by atoms with van der Waals surface area (Å²) >= 11 is 3.38. The highest BCUT2D eigenvalue weighted by Crippen LogP contribution is 2.29. The smallest absolute Gasteiger partial charge is 0.416 e. The molecule has 1 N–H and O–H groups in total. The first-order valence-electron chi connectivity index (χ1n) is 9.75. The number of amides is 1. The van der Waals surface area contributed by atoms with E-state index >= 15 is 0 Å². The Labute approximate surface area is 200 Å². The van der Waals surface area contributed by atoms with Crippen molar-refractivity contribution >= 4 is 33.7 Å². The molecule has 0 spiro atoms. The molecule has 0 atom stereocenters. The first-order valence-corrected chi connectivity index (χ1v) is 10.5. The molecule has 0 bridgehead atoms. The Kier molecular flexibility index (Phi) is 8.00. The SMILES string of the molecule is O=C(Cc1cccc(C(F)(F)F)c1)N/N=C/c1ccc(OCc2ccc([N+](=O)[O-])cc2)c(Br)c1. The van der Waals surface area contributed by atoms with Crippen molar-refractivity contribution in [2.45, 2.75) is 19.2 Å². The fraction of sp³-hybridized carbons (Fsp3) is 0.130. The van der Waals surface area contributed by atoms with Crippen LogP contribution >= 0.6 is 15.9 Å². The highest BCUT2D eigenvalue weighted by molar-refractivity contribution is 9.10. The van der Waals surface area contributed by atoms with Crippen molar-refractivity contribution in [3.8, 4) is 5.75 Å². The van der Waals surface area contributed by atoms with E-state index in [-0.39, 0.29) is 24.3 Å². The van der Waals surface area contributed by atoms with E-state index in [1.54, 1.807) is 30.3 Å². The number of alkyl halides is 3. The molecular weight excluding hydrogens is 519 g/mol. The van der Waals surface area contributed by atoms with Crippen molar-refractivity contribution in [1.82, 2.24) is 5.43 Å². The number of non-ortho nitro benzene ring substituents is 1. The van der Waals surface area contributed by atoms with Crippen molar-refractivity contribution in [2.24, 2.45) is 5.10 Å². The zero-order valence-corrected chi connectivity index (χ0v) is 19.0. The lowest BCUT2D eigenvalue weighted by atomic mass is 10.1. The van der Waals surface area contributed by atoms with Gasteiger partial charge in [-0.15, -0.1) is 0 Å². The van der Waals surface area contributed by atoms with Crippen LogP contribution < -0.4 is 10.2 Å². The minimum absolute atomic E-state index is 0.00418. The maximum Gasteiger partial charge on any atom is 0.416 e. The third-order valence-corrected chi connectivity index (χ3v) is 5.14. The maximum atomic E-state index is 12.8. The van der Waals surface area contributed by atoms with Gasteiger partial charge in [0.2, 0.25) is 5.91 Å². The number of nitro groups is 1. The molecule has 0 fully saturated rings. The Morgan fingerprint density at radius 2 is 1.82 bits per heavy atom. The average Bonchev–Trinajstić information content (AvgIpc) is 2.78. The van der Waals surface area contributed by atoms with Crippen LogP contribution in [-0.4, -0.2) is 17.0 Å².